The number of aryl methyl sites for hydroxylation is 1. The second-order valence-corrected chi connectivity index (χ2v) is 1.94. The highest BCUT2D eigenvalue weighted by Crippen LogP contribution is 2.15. The lowest BCUT2D eigenvalue weighted by Crippen LogP contribution is -1.85. The van der Waals surface area contributed by atoms with E-state index in [9.17, 15) is 0 Å². The van der Waals surface area contributed by atoms with Crippen LogP contribution in [0.5, 0.6) is 0 Å². The Morgan fingerprint density at radius 2 is 2.17 bits per heavy atom. The number of hydrogen-bond acceptors (Lipinski definition) is 2. The van der Waals surface area contributed by atoms with Gasteiger partial charge in [-0.2, -0.15) is 5.10 Å². The van der Waals surface area contributed by atoms with Gasteiger partial charge in [0.1, 0.15) is 0 Å². The average molecular weight is 165 g/mol. The van der Waals surface area contributed by atoms with Crippen molar-refractivity contribution in [1.29, 1.82) is 0 Å². The summed E-state index contributed by atoms with van der Waals surface area (Å²) in [5, 5.41) is 3.97. The molecule has 66 valence electrons. The Hall–Kier alpha value is -1.38. The molecule has 0 aliphatic carbocycles. The minimum absolute atomic E-state index is 0.759. The lowest BCUT2D eigenvalue weighted by atomic mass is 10.4. The summed E-state index contributed by atoms with van der Waals surface area (Å²) in [4.78, 5) is 3.78. The molecular weight excluding hydrogens is 150 g/mol. The molecule has 0 bridgehead atoms. The van der Waals surface area contributed by atoms with Gasteiger partial charge in [-0.3, -0.25) is 0 Å². The smallest absolute Gasteiger partial charge is 0.157 e. The summed E-state index contributed by atoms with van der Waals surface area (Å²) in [5.41, 5.74) is 1.01. The summed E-state index contributed by atoms with van der Waals surface area (Å²) in [6.45, 7) is 12.9. The summed E-state index contributed by atoms with van der Waals surface area (Å²) in [5.74, 6) is 0.759. The van der Waals surface area contributed by atoms with Crippen LogP contribution in [0.15, 0.2) is 17.8 Å². The number of rotatable bonds is 2. The maximum Gasteiger partial charge on any atom is 0.157 e. The van der Waals surface area contributed by atoms with Crippen LogP contribution in [0.25, 0.3) is 6.20 Å². The van der Waals surface area contributed by atoms with Gasteiger partial charge in [0.25, 0.3) is 0 Å². The fourth-order valence-corrected chi connectivity index (χ4v) is 0.773. The van der Waals surface area contributed by atoms with Crippen molar-refractivity contribution in [2.75, 3.05) is 0 Å². The van der Waals surface area contributed by atoms with Gasteiger partial charge in [0, 0.05) is 11.8 Å². The SMILES string of the molecule is C=Cn1ncc(C)c1N=C.CC. The minimum Gasteiger partial charge on any atom is -0.245 e. The average Bonchev–Trinajstić information content (AvgIpc) is 2.49. The monoisotopic (exact) mass is 165 g/mol. The van der Waals surface area contributed by atoms with Crippen LogP contribution in [0.1, 0.15) is 19.4 Å². The molecule has 0 radical (unpaired) electrons. The van der Waals surface area contributed by atoms with Crippen molar-refractivity contribution in [3.63, 3.8) is 0 Å². The molecule has 0 spiro atoms. The molecular formula is C9H15N3. The number of nitrogens with zero attached hydrogens (tertiary/aromatic N) is 3. The molecule has 3 heteroatoms. The van der Waals surface area contributed by atoms with E-state index in [1.165, 1.54) is 0 Å². The van der Waals surface area contributed by atoms with Crippen LogP contribution in [-0.4, -0.2) is 16.5 Å². The molecule has 1 heterocycles. The van der Waals surface area contributed by atoms with Gasteiger partial charge < -0.3 is 0 Å². The molecule has 12 heavy (non-hydrogen) atoms. The summed E-state index contributed by atoms with van der Waals surface area (Å²) in [6.07, 6.45) is 3.32. The summed E-state index contributed by atoms with van der Waals surface area (Å²) >= 11 is 0. The van der Waals surface area contributed by atoms with E-state index in [4.69, 9.17) is 0 Å². The highest BCUT2D eigenvalue weighted by atomic mass is 15.3. The summed E-state index contributed by atoms with van der Waals surface area (Å²) in [6, 6.07) is 0. The first kappa shape index (κ1) is 10.6. The van der Waals surface area contributed by atoms with Crippen LogP contribution in [0.2, 0.25) is 0 Å². The lowest BCUT2D eigenvalue weighted by Gasteiger charge is -1.93. The second kappa shape index (κ2) is 5.29. The number of hydrogen-bond donors (Lipinski definition) is 0. The van der Waals surface area contributed by atoms with Gasteiger partial charge in [0.15, 0.2) is 5.82 Å². The van der Waals surface area contributed by atoms with Gasteiger partial charge in [-0.1, -0.05) is 20.4 Å². The second-order valence-electron chi connectivity index (χ2n) is 1.94. The molecule has 0 atom stereocenters. The largest absolute Gasteiger partial charge is 0.245 e. The molecule has 0 aliphatic rings. The fourth-order valence-electron chi connectivity index (χ4n) is 0.773. The molecule has 0 N–H and O–H groups in total. The van der Waals surface area contributed by atoms with Gasteiger partial charge in [-0.15, -0.1) is 0 Å². The minimum atomic E-state index is 0.759. The van der Waals surface area contributed by atoms with Crippen LogP contribution >= 0.6 is 0 Å². The maximum atomic E-state index is 3.97. The predicted molar refractivity (Wildman–Crippen MR) is 53.9 cm³/mol. The van der Waals surface area contributed by atoms with Gasteiger partial charge in [0.05, 0.1) is 6.20 Å². The Labute approximate surface area is 73.4 Å². The Kier molecular flexibility index (Phi) is 4.69. The number of aromatic nitrogens is 2. The van der Waals surface area contributed by atoms with Crippen molar-refractivity contribution in [1.82, 2.24) is 9.78 Å². The Balaban J connectivity index is 0.000000561. The third-order valence-corrected chi connectivity index (χ3v) is 1.27. The van der Waals surface area contributed by atoms with E-state index in [1.54, 1.807) is 17.1 Å². The molecule has 0 saturated heterocycles. The van der Waals surface area contributed by atoms with E-state index >= 15 is 0 Å². The quantitative estimate of drug-likeness (QED) is 0.619. The van der Waals surface area contributed by atoms with E-state index in [0.29, 0.717) is 0 Å². The fraction of sp³-hybridized carbons (Fsp3) is 0.333. The number of aliphatic imine (C=N–C) groups is 1. The van der Waals surface area contributed by atoms with Crippen molar-refractivity contribution in [3.8, 4) is 0 Å². The van der Waals surface area contributed by atoms with Crippen LogP contribution < -0.4 is 0 Å². The van der Waals surface area contributed by atoms with Crippen LogP contribution in [-0.2, 0) is 0 Å². The van der Waals surface area contributed by atoms with Crippen molar-refractivity contribution in [3.05, 3.63) is 18.3 Å². The molecule has 1 aromatic rings. The molecule has 3 nitrogen and oxygen atoms in total. The lowest BCUT2D eigenvalue weighted by molar-refractivity contribution is 0.936. The van der Waals surface area contributed by atoms with Gasteiger partial charge >= 0.3 is 0 Å². The van der Waals surface area contributed by atoms with Crippen molar-refractivity contribution >= 4 is 18.7 Å². The van der Waals surface area contributed by atoms with Gasteiger partial charge in [0.2, 0.25) is 0 Å². The van der Waals surface area contributed by atoms with Gasteiger partial charge in [-0.05, 0) is 13.6 Å². The van der Waals surface area contributed by atoms with Crippen LogP contribution in [0.4, 0.5) is 5.82 Å². The Morgan fingerprint density at radius 3 is 2.50 bits per heavy atom. The zero-order valence-corrected chi connectivity index (χ0v) is 7.91. The summed E-state index contributed by atoms with van der Waals surface area (Å²) < 4.78 is 1.59. The zero-order chi connectivity index (χ0) is 9.56. The van der Waals surface area contributed by atoms with Gasteiger partial charge in [-0.25, -0.2) is 9.67 Å². The molecule has 0 saturated carbocycles. The highest BCUT2D eigenvalue weighted by molar-refractivity contribution is 5.48. The Morgan fingerprint density at radius 1 is 1.58 bits per heavy atom. The third kappa shape index (κ3) is 2.05. The van der Waals surface area contributed by atoms with E-state index in [2.05, 4.69) is 23.4 Å². The summed E-state index contributed by atoms with van der Waals surface area (Å²) in [7, 11) is 0. The molecule has 0 amide bonds. The Bertz CT molecular complexity index is 261. The first-order valence-electron chi connectivity index (χ1n) is 3.93. The molecule has 0 aliphatic heterocycles. The van der Waals surface area contributed by atoms with Crippen molar-refractivity contribution in [2.45, 2.75) is 20.8 Å². The molecule has 0 unspecified atom stereocenters. The topological polar surface area (TPSA) is 30.2 Å². The van der Waals surface area contributed by atoms with Crippen LogP contribution in [0.3, 0.4) is 0 Å². The van der Waals surface area contributed by atoms with E-state index in [-0.39, 0.29) is 0 Å². The molecule has 1 aromatic heterocycles. The third-order valence-electron chi connectivity index (χ3n) is 1.27. The molecule has 0 aromatic carbocycles. The first-order chi connectivity index (χ1) is 5.79. The normalized spacial score (nSPS) is 8.25. The van der Waals surface area contributed by atoms with Crippen molar-refractivity contribution < 1.29 is 0 Å². The molecule has 1 rings (SSSR count). The highest BCUT2D eigenvalue weighted by Gasteiger charge is 1.99. The van der Waals surface area contributed by atoms with Crippen molar-refractivity contribution in [2.24, 2.45) is 4.99 Å². The zero-order valence-electron chi connectivity index (χ0n) is 7.91. The first-order valence-corrected chi connectivity index (χ1v) is 3.93. The molecule has 0 fully saturated rings. The van der Waals surface area contributed by atoms with Crippen LogP contribution in [0, 0.1) is 6.92 Å². The van der Waals surface area contributed by atoms with E-state index < -0.39 is 0 Å². The maximum absolute atomic E-state index is 3.97. The van der Waals surface area contributed by atoms with E-state index in [0.717, 1.165) is 11.4 Å². The standard InChI is InChI=1S/C7H9N3.C2H6/c1-4-10-7(8-3)6(2)5-9-10;1-2/h4-5H,1,3H2,2H3;1-2H3. The predicted octanol–water partition coefficient (Wildman–Crippen LogP) is 2.65. The van der Waals surface area contributed by atoms with E-state index in [1.807, 2.05) is 20.8 Å².